The van der Waals surface area contributed by atoms with Crippen molar-refractivity contribution in [2.24, 2.45) is 0 Å². The van der Waals surface area contributed by atoms with E-state index >= 15 is 0 Å². The van der Waals surface area contributed by atoms with Crippen LogP contribution in [0.15, 0.2) is 33.5 Å². The van der Waals surface area contributed by atoms with E-state index in [0.29, 0.717) is 5.58 Å². The maximum absolute atomic E-state index is 11.8. The van der Waals surface area contributed by atoms with Crippen molar-refractivity contribution in [2.45, 2.75) is 13.8 Å². The first-order valence-corrected chi connectivity index (χ1v) is 7.20. The molecule has 1 aromatic heterocycles. The standard InChI is InChI=1S/C16H20N2O2/c1-3-17-7-9-18(10-8-17)14-11-15(19)20-16-12(2)5-4-6-13(14)16/h4-6,11H,3,7-10H2,1-2H3. The lowest BCUT2D eigenvalue weighted by Crippen LogP contribution is -2.46. The number of nitrogens with zero attached hydrogens (tertiary/aromatic N) is 2. The van der Waals surface area contributed by atoms with E-state index in [2.05, 4.69) is 16.7 Å². The van der Waals surface area contributed by atoms with Gasteiger partial charge >= 0.3 is 5.63 Å². The molecule has 1 aliphatic rings. The third-order valence-electron chi connectivity index (χ3n) is 4.11. The summed E-state index contributed by atoms with van der Waals surface area (Å²) in [6.45, 7) is 9.26. The van der Waals surface area contributed by atoms with Crippen molar-refractivity contribution in [1.82, 2.24) is 4.90 Å². The van der Waals surface area contributed by atoms with Crippen LogP contribution < -0.4 is 10.5 Å². The Morgan fingerprint density at radius 3 is 2.65 bits per heavy atom. The molecule has 0 unspecified atom stereocenters. The Balaban J connectivity index is 2.03. The van der Waals surface area contributed by atoms with Crippen molar-refractivity contribution in [3.63, 3.8) is 0 Å². The molecule has 0 amide bonds. The third-order valence-corrected chi connectivity index (χ3v) is 4.11. The molecule has 0 N–H and O–H groups in total. The van der Waals surface area contributed by atoms with Crippen LogP contribution in [0.4, 0.5) is 5.69 Å². The second-order valence-electron chi connectivity index (χ2n) is 5.32. The van der Waals surface area contributed by atoms with Crippen LogP contribution in [0.5, 0.6) is 0 Å². The number of benzene rings is 1. The number of aryl methyl sites for hydroxylation is 1. The smallest absolute Gasteiger partial charge is 0.338 e. The zero-order valence-electron chi connectivity index (χ0n) is 12.1. The first-order valence-electron chi connectivity index (χ1n) is 7.20. The Labute approximate surface area is 118 Å². The van der Waals surface area contributed by atoms with Gasteiger partial charge in [0.05, 0.1) is 5.69 Å². The molecule has 1 aliphatic heterocycles. The molecule has 2 aromatic rings. The number of hydrogen-bond donors (Lipinski definition) is 0. The van der Waals surface area contributed by atoms with Crippen LogP contribution in [-0.2, 0) is 0 Å². The fourth-order valence-electron chi connectivity index (χ4n) is 2.88. The van der Waals surface area contributed by atoms with E-state index in [1.807, 2.05) is 25.1 Å². The molecule has 2 heterocycles. The van der Waals surface area contributed by atoms with Crippen molar-refractivity contribution in [2.75, 3.05) is 37.6 Å². The SMILES string of the molecule is CCN1CCN(c2cc(=O)oc3c(C)cccc23)CC1. The van der Waals surface area contributed by atoms with Crippen molar-refractivity contribution < 1.29 is 4.42 Å². The molecule has 4 heteroatoms. The Morgan fingerprint density at radius 2 is 1.95 bits per heavy atom. The van der Waals surface area contributed by atoms with E-state index in [0.717, 1.165) is 49.4 Å². The van der Waals surface area contributed by atoms with Crippen molar-refractivity contribution >= 4 is 16.7 Å². The van der Waals surface area contributed by atoms with Gasteiger partial charge in [-0.3, -0.25) is 0 Å². The Morgan fingerprint density at radius 1 is 1.20 bits per heavy atom. The fraction of sp³-hybridized carbons (Fsp3) is 0.438. The van der Waals surface area contributed by atoms with Crippen LogP contribution in [0.1, 0.15) is 12.5 Å². The molecule has 106 valence electrons. The molecule has 1 fully saturated rings. The number of likely N-dealkylation sites (N-methyl/N-ethyl adjacent to an activating group) is 1. The molecule has 0 aliphatic carbocycles. The lowest BCUT2D eigenvalue weighted by molar-refractivity contribution is 0.271. The van der Waals surface area contributed by atoms with Crippen LogP contribution >= 0.6 is 0 Å². The summed E-state index contributed by atoms with van der Waals surface area (Å²) in [6, 6.07) is 7.66. The normalized spacial score (nSPS) is 16.8. The second-order valence-corrected chi connectivity index (χ2v) is 5.32. The van der Waals surface area contributed by atoms with Crippen LogP contribution in [0.25, 0.3) is 11.0 Å². The van der Waals surface area contributed by atoms with E-state index in [1.165, 1.54) is 0 Å². The van der Waals surface area contributed by atoms with Crippen molar-refractivity contribution in [3.8, 4) is 0 Å². The molecular formula is C16H20N2O2. The van der Waals surface area contributed by atoms with Crippen LogP contribution in [0, 0.1) is 6.92 Å². The minimum Gasteiger partial charge on any atom is -0.422 e. The zero-order chi connectivity index (χ0) is 14.1. The molecule has 20 heavy (non-hydrogen) atoms. The Bertz CT molecular complexity index is 670. The maximum Gasteiger partial charge on any atom is 0.338 e. The number of fused-ring (bicyclic) bond motifs is 1. The average Bonchev–Trinajstić information content (AvgIpc) is 2.48. The summed E-state index contributed by atoms with van der Waals surface area (Å²) in [4.78, 5) is 16.5. The van der Waals surface area contributed by atoms with Gasteiger partial charge in [0.15, 0.2) is 0 Å². The number of hydrogen-bond acceptors (Lipinski definition) is 4. The number of rotatable bonds is 2. The number of piperazine rings is 1. The molecule has 0 radical (unpaired) electrons. The molecule has 0 atom stereocenters. The van der Waals surface area contributed by atoms with Crippen LogP contribution in [0.2, 0.25) is 0 Å². The quantitative estimate of drug-likeness (QED) is 0.786. The van der Waals surface area contributed by atoms with Crippen molar-refractivity contribution in [1.29, 1.82) is 0 Å². The molecule has 0 saturated carbocycles. The largest absolute Gasteiger partial charge is 0.422 e. The highest BCUT2D eigenvalue weighted by Gasteiger charge is 2.19. The highest BCUT2D eigenvalue weighted by Crippen LogP contribution is 2.27. The molecule has 1 aromatic carbocycles. The number of para-hydroxylation sites is 1. The van der Waals surface area contributed by atoms with E-state index in [9.17, 15) is 4.79 Å². The summed E-state index contributed by atoms with van der Waals surface area (Å²) < 4.78 is 5.37. The average molecular weight is 272 g/mol. The summed E-state index contributed by atoms with van der Waals surface area (Å²) in [6.07, 6.45) is 0. The molecule has 0 bridgehead atoms. The van der Waals surface area contributed by atoms with Gasteiger partial charge in [-0.05, 0) is 25.1 Å². The summed E-state index contributed by atoms with van der Waals surface area (Å²) in [5.74, 6) is 0. The summed E-state index contributed by atoms with van der Waals surface area (Å²) in [5, 5.41) is 1.04. The third kappa shape index (κ3) is 2.31. The Kier molecular flexibility index (Phi) is 3.49. The lowest BCUT2D eigenvalue weighted by atomic mass is 10.1. The molecule has 3 rings (SSSR count). The minimum atomic E-state index is -0.264. The van der Waals surface area contributed by atoms with Gasteiger partial charge in [-0.1, -0.05) is 19.1 Å². The van der Waals surface area contributed by atoms with Gasteiger partial charge in [0.2, 0.25) is 0 Å². The molecular weight excluding hydrogens is 252 g/mol. The lowest BCUT2D eigenvalue weighted by Gasteiger charge is -2.35. The number of anilines is 1. The fourth-order valence-corrected chi connectivity index (χ4v) is 2.88. The van der Waals surface area contributed by atoms with Gasteiger partial charge in [-0.15, -0.1) is 0 Å². The van der Waals surface area contributed by atoms with Crippen molar-refractivity contribution in [3.05, 3.63) is 40.2 Å². The minimum absolute atomic E-state index is 0.264. The van der Waals surface area contributed by atoms with Gasteiger partial charge < -0.3 is 14.2 Å². The van der Waals surface area contributed by atoms with E-state index in [4.69, 9.17) is 4.42 Å². The van der Waals surface area contributed by atoms with Crippen LogP contribution in [0.3, 0.4) is 0 Å². The predicted molar refractivity (Wildman–Crippen MR) is 81.5 cm³/mol. The van der Waals surface area contributed by atoms with Gasteiger partial charge in [0, 0.05) is 37.6 Å². The predicted octanol–water partition coefficient (Wildman–Crippen LogP) is 2.24. The maximum atomic E-state index is 11.8. The highest BCUT2D eigenvalue weighted by atomic mass is 16.4. The summed E-state index contributed by atoms with van der Waals surface area (Å²) >= 11 is 0. The summed E-state index contributed by atoms with van der Waals surface area (Å²) in [7, 11) is 0. The van der Waals surface area contributed by atoms with Crippen LogP contribution in [-0.4, -0.2) is 37.6 Å². The van der Waals surface area contributed by atoms with Gasteiger partial charge in [-0.25, -0.2) is 4.79 Å². The van der Waals surface area contributed by atoms with E-state index in [-0.39, 0.29) is 5.63 Å². The first-order chi connectivity index (χ1) is 9.69. The first kappa shape index (κ1) is 13.2. The Hall–Kier alpha value is -1.81. The molecule has 4 nitrogen and oxygen atoms in total. The zero-order valence-corrected chi connectivity index (χ0v) is 12.1. The van der Waals surface area contributed by atoms with Gasteiger partial charge in [0.25, 0.3) is 0 Å². The van der Waals surface area contributed by atoms with Gasteiger partial charge in [-0.2, -0.15) is 0 Å². The molecule has 0 spiro atoms. The molecule has 1 saturated heterocycles. The van der Waals surface area contributed by atoms with E-state index in [1.54, 1.807) is 6.07 Å². The van der Waals surface area contributed by atoms with Gasteiger partial charge in [0.1, 0.15) is 5.58 Å². The topological polar surface area (TPSA) is 36.7 Å². The monoisotopic (exact) mass is 272 g/mol. The second kappa shape index (κ2) is 5.29. The van der Waals surface area contributed by atoms with E-state index < -0.39 is 0 Å². The highest BCUT2D eigenvalue weighted by molar-refractivity contribution is 5.91. The summed E-state index contributed by atoms with van der Waals surface area (Å²) in [5.41, 5.74) is 2.47.